The Bertz CT molecular complexity index is 1150. The SMILES string of the molecule is Cc1ccc(NC(=O)N(C)Cc2ccccc2Cl)cc1NC(=O)N(C)Cc1ccccc1Cl. The van der Waals surface area contributed by atoms with Crippen molar-refractivity contribution in [1.29, 1.82) is 0 Å². The second-order valence-corrected chi connectivity index (χ2v) is 8.60. The van der Waals surface area contributed by atoms with Crippen LogP contribution in [0.4, 0.5) is 21.0 Å². The van der Waals surface area contributed by atoms with Gasteiger partial charge in [-0.05, 0) is 47.9 Å². The third kappa shape index (κ3) is 6.63. The zero-order chi connectivity index (χ0) is 24.0. The first-order chi connectivity index (χ1) is 15.7. The highest BCUT2D eigenvalue weighted by atomic mass is 35.5. The number of hydrogen-bond acceptors (Lipinski definition) is 2. The van der Waals surface area contributed by atoms with E-state index in [1.807, 2.05) is 49.4 Å². The van der Waals surface area contributed by atoms with Crippen LogP contribution in [0.25, 0.3) is 0 Å². The Labute approximate surface area is 204 Å². The molecule has 0 aliphatic heterocycles. The van der Waals surface area contributed by atoms with Crippen LogP contribution in [0.2, 0.25) is 10.0 Å². The third-order valence-corrected chi connectivity index (χ3v) is 5.89. The van der Waals surface area contributed by atoms with Crippen LogP contribution in [-0.4, -0.2) is 36.0 Å². The molecule has 4 amide bonds. The van der Waals surface area contributed by atoms with E-state index in [1.54, 1.807) is 43.3 Å². The molecule has 0 fully saturated rings. The van der Waals surface area contributed by atoms with E-state index in [-0.39, 0.29) is 12.1 Å². The van der Waals surface area contributed by atoms with Gasteiger partial charge in [0.2, 0.25) is 0 Å². The van der Waals surface area contributed by atoms with E-state index in [1.165, 1.54) is 4.90 Å². The van der Waals surface area contributed by atoms with E-state index in [0.717, 1.165) is 16.7 Å². The van der Waals surface area contributed by atoms with Crippen molar-refractivity contribution in [2.45, 2.75) is 20.0 Å². The number of urea groups is 2. The molecule has 0 atom stereocenters. The highest BCUT2D eigenvalue weighted by Crippen LogP contribution is 2.23. The topological polar surface area (TPSA) is 64.7 Å². The van der Waals surface area contributed by atoms with Crippen LogP contribution in [0.1, 0.15) is 16.7 Å². The maximum atomic E-state index is 12.7. The maximum absolute atomic E-state index is 12.7. The van der Waals surface area contributed by atoms with Crippen LogP contribution in [0.3, 0.4) is 0 Å². The minimum Gasteiger partial charge on any atom is -0.323 e. The number of rotatable bonds is 6. The summed E-state index contributed by atoms with van der Waals surface area (Å²) in [5.74, 6) is 0. The lowest BCUT2D eigenvalue weighted by Gasteiger charge is -2.21. The number of carbonyl (C=O) groups excluding carboxylic acids is 2. The van der Waals surface area contributed by atoms with Gasteiger partial charge in [0.05, 0.1) is 0 Å². The first-order valence-corrected chi connectivity index (χ1v) is 11.1. The molecule has 2 N–H and O–H groups in total. The summed E-state index contributed by atoms with van der Waals surface area (Å²) in [6.07, 6.45) is 0. The van der Waals surface area contributed by atoms with Crippen LogP contribution in [0, 0.1) is 6.92 Å². The summed E-state index contributed by atoms with van der Waals surface area (Å²) >= 11 is 12.4. The van der Waals surface area contributed by atoms with Gasteiger partial charge in [0.1, 0.15) is 0 Å². The van der Waals surface area contributed by atoms with Gasteiger partial charge in [0, 0.05) is 48.6 Å². The Morgan fingerprint density at radius 2 is 1.24 bits per heavy atom. The van der Waals surface area contributed by atoms with Gasteiger partial charge in [-0.15, -0.1) is 0 Å². The highest BCUT2D eigenvalue weighted by Gasteiger charge is 2.15. The molecule has 0 aromatic heterocycles. The molecular formula is C25H26Cl2N4O2. The van der Waals surface area contributed by atoms with Crippen molar-refractivity contribution in [3.8, 4) is 0 Å². The molecule has 3 aromatic carbocycles. The van der Waals surface area contributed by atoms with Gasteiger partial charge < -0.3 is 20.4 Å². The molecule has 0 radical (unpaired) electrons. The minimum atomic E-state index is -0.285. The Hall–Kier alpha value is -3.22. The van der Waals surface area contributed by atoms with Crippen molar-refractivity contribution in [2.75, 3.05) is 24.7 Å². The largest absolute Gasteiger partial charge is 0.323 e. The molecule has 0 unspecified atom stereocenters. The Balaban J connectivity index is 1.63. The van der Waals surface area contributed by atoms with Crippen LogP contribution in [-0.2, 0) is 13.1 Å². The standard InChI is InChI=1S/C25H26Cl2N4O2/c1-17-12-13-20(28-24(32)30(2)15-18-8-4-6-10-21(18)26)14-23(17)29-25(33)31(3)16-19-9-5-7-11-22(19)27/h4-14H,15-16H2,1-3H3,(H,28,32)(H,29,33). The predicted molar refractivity (Wildman–Crippen MR) is 135 cm³/mol. The van der Waals surface area contributed by atoms with E-state index in [4.69, 9.17) is 23.2 Å². The van der Waals surface area contributed by atoms with E-state index >= 15 is 0 Å². The van der Waals surface area contributed by atoms with E-state index in [2.05, 4.69) is 10.6 Å². The molecule has 172 valence electrons. The molecule has 33 heavy (non-hydrogen) atoms. The maximum Gasteiger partial charge on any atom is 0.321 e. The van der Waals surface area contributed by atoms with Gasteiger partial charge in [-0.1, -0.05) is 65.7 Å². The number of hydrogen-bond donors (Lipinski definition) is 2. The Kier molecular flexibility index (Phi) is 8.20. The van der Waals surface area contributed by atoms with Crippen molar-refractivity contribution in [1.82, 2.24) is 9.80 Å². The number of carbonyl (C=O) groups is 2. The molecule has 0 spiro atoms. The quantitative estimate of drug-likeness (QED) is 0.412. The van der Waals surface area contributed by atoms with Gasteiger partial charge in [-0.2, -0.15) is 0 Å². The smallest absolute Gasteiger partial charge is 0.321 e. The lowest BCUT2D eigenvalue weighted by Crippen LogP contribution is -2.32. The molecular weight excluding hydrogens is 459 g/mol. The van der Waals surface area contributed by atoms with Crippen LogP contribution in [0.5, 0.6) is 0 Å². The van der Waals surface area contributed by atoms with Crippen LogP contribution >= 0.6 is 23.2 Å². The fraction of sp³-hybridized carbons (Fsp3) is 0.200. The number of aryl methyl sites for hydroxylation is 1. The summed E-state index contributed by atoms with van der Waals surface area (Å²) in [6, 6.07) is 19.6. The summed E-state index contributed by atoms with van der Waals surface area (Å²) in [7, 11) is 3.39. The van der Waals surface area contributed by atoms with Gasteiger partial charge in [-0.3, -0.25) is 0 Å². The summed E-state index contributed by atoms with van der Waals surface area (Å²) in [6.45, 7) is 2.63. The van der Waals surface area contributed by atoms with Crippen molar-refractivity contribution in [2.24, 2.45) is 0 Å². The molecule has 0 heterocycles. The molecule has 0 saturated heterocycles. The lowest BCUT2D eigenvalue weighted by atomic mass is 10.1. The molecule has 0 saturated carbocycles. The second kappa shape index (κ2) is 11.1. The summed E-state index contributed by atoms with van der Waals surface area (Å²) < 4.78 is 0. The van der Waals surface area contributed by atoms with Gasteiger partial charge >= 0.3 is 12.1 Å². The number of anilines is 2. The Morgan fingerprint density at radius 1 is 0.758 bits per heavy atom. The first kappa shape index (κ1) is 24.4. The van der Waals surface area contributed by atoms with Crippen LogP contribution < -0.4 is 10.6 Å². The Morgan fingerprint density at radius 3 is 1.76 bits per heavy atom. The molecule has 0 bridgehead atoms. The number of halogens is 2. The monoisotopic (exact) mass is 484 g/mol. The zero-order valence-electron chi connectivity index (χ0n) is 18.7. The average Bonchev–Trinajstić information content (AvgIpc) is 2.79. The number of nitrogens with zero attached hydrogens (tertiary/aromatic N) is 2. The number of benzene rings is 3. The molecule has 3 rings (SSSR count). The molecule has 6 nitrogen and oxygen atoms in total. The van der Waals surface area contributed by atoms with Gasteiger partial charge in [0.25, 0.3) is 0 Å². The number of nitrogens with one attached hydrogen (secondary N) is 2. The van der Waals surface area contributed by atoms with E-state index in [9.17, 15) is 9.59 Å². The third-order valence-electron chi connectivity index (χ3n) is 5.15. The average molecular weight is 485 g/mol. The van der Waals surface area contributed by atoms with Crippen molar-refractivity contribution >= 4 is 46.6 Å². The summed E-state index contributed by atoms with van der Waals surface area (Å²) in [5.41, 5.74) is 3.77. The second-order valence-electron chi connectivity index (χ2n) is 7.78. The highest BCUT2D eigenvalue weighted by molar-refractivity contribution is 6.31. The van der Waals surface area contributed by atoms with Crippen molar-refractivity contribution in [3.63, 3.8) is 0 Å². The molecule has 8 heteroatoms. The minimum absolute atomic E-state index is 0.280. The van der Waals surface area contributed by atoms with E-state index in [0.29, 0.717) is 34.5 Å². The first-order valence-electron chi connectivity index (χ1n) is 10.4. The summed E-state index contributed by atoms with van der Waals surface area (Å²) in [4.78, 5) is 28.5. The van der Waals surface area contributed by atoms with E-state index < -0.39 is 0 Å². The zero-order valence-corrected chi connectivity index (χ0v) is 20.2. The molecule has 3 aromatic rings. The fourth-order valence-corrected chi connectivity index (χ4v) is 3.56. The molecule has 0 aliphatic rings. The normalized spacial score (nSPS) is 10.5. The van der Waals surface area contributed by atoms with Crippen LogP contribution in [0.15, 0.2) is 66.7 Å². The van der Waals surface area contributed by atoms with Gasteiger partial charge in [-0.25, -0.2) is 9.59 Å². The lowest BCUT2D eigenvalue weighted by molar-refractivity contribution is 0.220. The van der Waals surface area contributed by atoms with Crippen molar-refractivity contribution < 1.29 is 9.59 Å². The van der Waals surface area contributed by atoms with Gasteiger partial charge in [0.15, 0.2) is 0 Å². The fourth-order valence-electron chi connectivity index (χ4n) is 3.17. The predicted octanol–water partition coefficient (Wildman–Crippen LogP) is 6.63. The number of amides is 4. The molecule has 0 aliphatic carbocycles. The summed E-state index contributed by atoms with van der Waals surface area (Å²) in [5, 5.41) is 6.98. The van der Waals surface area contributed by atoms with Crippen molar-refractivity contribution in [3.05, 3.63) is 93.5 Å².